The molecule has 0 radical (unpaired) electrons. The Morgan fingerprint density at radius 3 is 2.55 bits per heavy atom. The monoisotopic (exact) mass is 297 g/mol. The van der Waals surface area contributed by atoms with Crippen LogP contribution in [0.2, 0.25) is 0 Å². The van der Waals surface area contributed by atoms with E-state index < -0.39 is 0 Å². The van der Waals surface area contributed by atoms with E-state index in [-0.39, 0.29) is 18.2 Å². The van der Waals surface area contributed by atoms with Crippen molar-refractivity contribution in [3.63, 3.8) is 0 Å². The van der Waals surface area contributed by atoms with Gasteiger partial charge in [-0.05, 0) is 24.0 Å². The Bertz CT molecular complexity index is 491. The number of anilines is 1. The molecule has 1 fully saturated rings. The van der Waals surface area contributed by atoms with Gasteiger partial charge in [-0.1, -0.05) is 19.9 Å². The molecule has 0 atom stereocenters. The van der Waals surface area contributed by atoms with Crippen molar-refractivity contribution in [2.45, 2.75) is 20.3 Å². The predicted octanol–water partition coefficient (Wildman–Crippen LogP) is 2.73. The summed E-state index contributed by atoms with van der Waals surface area (Å²) in [5.41, 5.74) is 1.64. The summed E-state index contributed by atoms with van der Waals surface area (Å²) >= 11 is 0. The Morgan fingerprint density at radius 2 is 2.00 bits per heavy atom. The number of nitrogens with one attached hydrogen (secondary N) is 1. The lowest BCUT2D eigenvalue weighted by molar-refractivity contribution is 0.548. The number of rotatable bonds is 3. The van der Waals surface area contributed by atoms with Crippen LogP contribution in [0.5, 0.6) is 0 Å². The van der Waals surface area contributed by atoms with E-state index in [1.807, 2.05) is 4.90 Å². The molecule has 0 aliphatic carbocycles. The molecule has 1 aliphatic rings. The predicted molar refractivity (Wildman–Crippen MR) is 82.0 cm³/mol. The van der Waals surface area contributed by atoms with Crippen LogP contribution < -0.4 is 10.2 Å². The Balaban J connectivity index is 0.00000200. The summed E-state index contributed by atoms with van der Waals surface area (Å²) in [5, 5.41) is 12.4. The fraction of sp³-hybridized carbons (Fsp3) is 0.533. The maximum absolute atomic E-state index is 14.7. The van der Waals surface area contributed by atoms with E-state index in [2.05, 4.69) is 25.2 Å². The zero-order chi connectivity index (χ0) is 13.8. The van der Waals surface area contributed by atoms with Gasteiger partial charge in [-0.3, -0.25) is 0 Å². The molecule has 0 amide bonds. The summed E-state index contributed by atoms with van der Waals surface area (Å²) in [6.07, 6.45) is 0.705. The first-order valence-corrected chi connectivity index (χ1v) is 6.80. The normalized spacial score (nSPS) is 14.8. The molecule has 1 heterocycles. The topological polar surface area (TPSA) is 39.1 Å². The molecule has 0 bridgehead atoms. The minimum absolute atomic E-state index is 0. The Labute approximate surface area is 126 Å². The summed E-state index contributed by atoms with van der Waals surface area (Å²) in [6, 6.07) is 5.61. The first-order valence-electron chi connectivity index (χ1n) is 6.80. The number of hydrogen-bond donors (Lipinski definition) is 1. The number of benzene rings is 1. The van der Waals surface area contributed by atoms with Gasteiger partial charge in [0.15, 0.2) is 5.82 Å². The third kappa shape index (κ3) is 3.62. The third-order valence-electron chi connectivity index (χ3n) is 3.38. The van der Waals surface area contributed by atoms with E-state index in [9.17, 15) is 9.65 Å². The van der Waals surface area contributed by atoms with E-state index in [4.69, 9.17) is 0 Å². The van der Waals surface area contributed by atoms with E-state index in [0.29, 0.717) is 29.2 Å². The highest BCUT2D eigenvalue weighted by Gasteiger charge is 2.21. The number of nitrogens with zero attached hydrogens (tertiary/aromatic N) is 2. The van der Waals surface area contributed by atoms with Gasteiger partial charge < -0.3 is 10.2 Å². The molecule has 0 aromatic heterocycles. The Kier molecular flexibility index (Phi) is 6.25. The number of hydrogen-bond acceptors (Lipinski definition) is 3. The zero-order valence-corrected chi connectivity index (χ0v) is 12.8. The number of nitriles is 1. The molecule has 0 spiro atoms. The highest BCUT2D eigenvalue weighted by atomic mass is 35.5. The van der Waals surface area contributed by atoms with Crippen molar-refractivity contribution in [1.29, 1.82) is 5.26 Å². The van der Waals surface area contributed by atoms with Crippen LogP contribution in [0.15, 0.2) is 12.1 Å². The maximum Gasteiger partial charge on any atom is 0.151 e. The van der Waals surface area contributed by atoms with Gasteiger partial charge in [0.05, 0.1) is 11.3 Å². The number of piperazine rings is 1. The van der Waals surface area contributed by atoms with Crippen LogP contribution in [0.1, 0.15) is 25.0 Å². The van der Waals surface area contributed by atoms with Gasteiger partial charge in [0, 0.05) is 26.2 Å². The van der Waals surface area contributed by atoms with Crippen molar-refractivity contribution in [3.05, 3.63) is 29.1 Å². The summed E-state index contributed by atoms with van der Waals surface area (Å²) < 4.78 is 14.7. The lowest BCUT2D eigenvalue weighted by Gasteiger charge is -2.31. The molecule has 1 N–H and O–H groups in total. The second-order valence-corrected chi connectivity index (χ2v) is 5.38. The highest BCUT2D eigenvalue weighted by molar-refractivity contribution is 5.85. The molecular formula is C15H21ClFN3. The van der Waals surface area contributed by atoms with Crippen LogP contribution >= 0.6 is 12.4 Å². The standard InChI is InChI=1S/C15H20FN3.ClH/c1-11(2)9-12-3-4-13(10-17)15(14(12)16)19-7-5-18-6-8-19;/h3-4,11,18H,5-9H2,1-2H3;1H. The van der Waals surface area contributed by atoms with Gasteiger partial charge >= 0.3 is 0 Å². The van der Waals surface area contributed by atoms with Crippen molar-refractivity contribution >= 4 is 18.1 Å². The van der Waals surface area contributed by atoms with Crippen LogP contribution in [0.4, 0.5) is 10.1 Å². The van der Waals surface area contributed by atoms with Crippen LogP contribution in [0.25, 0.3) is 0 Å². The third-order valence-corrected chi connectivity index (χ3v) is 3.38. The molecule has 0 unspecified atom stereocenters. The minimum Gasteiger partial charge on any atom is -0.366 e. The molecule has 1 aromatic carbocycles. The smallest absolute Gasteiger partial charge is 0.151 e. The first-order chi connectivity index (χ1) is 9.13. The van der Waals surface area contributed by atoms with Crippen molar-refractivity contribution in [1.82, 2.24) is 5.32 Å². The summed E-state index contributed by atoms with van der Waals surface area (Å²) in [7, 11) is 0. The van der Waals surface area contributed by atoms with Gasteiger partial charge in [0.1, 0.15) is 6.07 Å². The molecule has 3 nitrogen and oxygen atoms in total. The molecular weight excluding hydrogens is 277 g/mol. The van der Waals surface area contributed by atoms with E-state index in [1.54, 1.807) is 12.1 Å². The molecule has 110 valence electrons. The SMILES string of the molecule is CC(C)Cc1ccc(C#N)c(N2CCNCC2)c1F.Cl. The van der Waals surface area contributed by atoms with Gasteiger partial charge in [-0.2, -0.15) is 5.26 Å². The van der Waals surface area contributed by atoms with Crippen molar-refractivity contribution in [3.8, 4) is 6.07 Å². The van der Waals surface area contributed by atoms with Gasteiger partial charge in [-0.25, -0.2) is 4.39 Å². The molecule has 1 aliphatic heterocycles. The second-order valence-electron chi connectivity index (χ2n) is 5.38. The zero-order valence-electron chi connectivity index (χ0n) is 11.9. The number of halogens is 2. The van der Waals surface area contributed by atoms with E-state index >= 15 is 0 Å². The van der Waals surface area contributed by atoms with Gasteiger partial charge in [-0.15, -0.1) is 12.4 Å². The quantitative estimate of drug-likeness (QED) is 0.932. The fourth-order valence-corrected chi connectivity index (χ4v) is 2.49. The average molecular weight is 298 g/mol. The second kappa shape index (κ2) is 7.47. The highest BCUT2D eigenvalue weighted by Crippen LogP contribution is 2.28. The molecule has 0 saturated carbocycles. The fourth-order valence-electron chi connectivity index (χ4n) is 2.49. The van der Waals surface area contributed by atoms with Crippen molar-refractivity contribution in [2.75, 3.05) is 31.1 Å². The first kappa shape index (κ1) is 16.7. The molecule has 5 heteroatoms. The molecule has 1 aromatic rings. The van der Waals surface area contributed by atoms with Gasteiger partial charge in [0.25, 0.3) is 0 Å². The maximum atomic E-state index is 14.7. The Hall–Kier alpha value is -1.31. The molecule has 2 rings (SSSR count). The molecule has 20 heavy (non-hydrogen) atoms. The van der Waals surface area contributed by atoms with Crippen molar-refractivity contribution in [2.24, 2.45) is 5.92 Å². The lowest BCUT2D eigenvalue weighted by atomic mass is 9.99. The van der Waals surface area contributed by atoms with Crippen LogP contribution in [0.3, 0.4) is 0 Å². The van der Waals surface area contributed by atoms with Crippen LogP contribution in [-0.4, -0.2) is 26.2 Å². The van der Waals surface area contributed by atoms with Gasteiger partial charge in [0.2, 0.25) is 0 Å². The van der Waals surface area contributed by atoms with Crippen molar-refractivity contribution < 1.29 is 4.39 Å². The van der Waals surface area contributed by atoms with Crippen LogP contribution in [0, 0.1) is 23.1 Å². The van der Waals surface area contributed by atoms with Crippen LogP contribution in [-0.2, 0) is 6.42 Å². The minimum atomic E-state index is -0.213. The summed E-state index contributed by atoms with van der Waals surface area (Å²) in [6.45, 7) is 7.30. The average Bonchev–Trinajstić information content (AvgIpc) is 2.41. The lowest BCUT2D eigenvalue weighted by Crippen LogP contribution is -2.44. The van der Waals surface area contributed by atoms with E-state index in [0.717, 1.165) is 26.2 Å². The van der Waals surface area contributed by atoms with E-state index in [1.165, 1.54) is 0 Å². The largest absolute Gasteiger partial charge is 0.366 e. The summed E-state index contributed by atoms with van der Waals surface area (Å²) in [5.74, 6) is 0.188. The molecule has 1 saturated heterocycles. The Morgan fingerprint density at radius 1 is 1.35 bits per heavy atom. The summed E-state index contributed by atoms with van der Waals surface area (Å²) in [4.78, 5) is 1.98.